The van der Waals surface area contributed by atoms with Gasteiger partial charge in [-0.1, -0.05) is 0 Å². The second-order valence-corrected chi connectivity index (χ2v) is 7.71. The number of thiol groups is 1. The highest BCUT2D eigenvalue weighted by Gasteiger charge is 2.32. The van der Waals surface area contributed by atoms with Crippen LogP contribution in [-0.4, -0.2) is 87.7 Å². The Morgan fingerprint density at radius 2 is 1.39 bits per heavy atom. The molecule has 0 spiro atoms. The average Bonchev–Trinajstić information content (AvgIpc) is 2.67. The predicted molar refractivity (Wildman–Crippen MR) is 114 cm³/mol. The van der Waals surface area contributed by atoms with Crippen molar-refractivity contribution in [2.24, 2.45) is 11.5 Å². The lowest BCUT2D eigenvalue weighted by molar-refractivity contribution is -0.144. The molecule has 0 fully saturated rings. The molecule has 176 valence electrons. The summed E-state index contributed by atoms with van der Waals surface area (Å²) in [5, 5.41) is 24.7. The van der Waals surface area contributed by atoms with Crippen LogP contribution in [0.5, 0.6) is 0 Å². The quantitative estimate of drug-likeness (QED) is 0.110. The lowest BCUT2D eigenvalue weighted by atomic mass is 10.1. The molecule has 0 rings (SSSR count). The molecular weight excluding hydrogens is 454 g/mol. The highest BCUT2D eigenvalue weighted by molar-refractivity contribution is 7.98. The van der Waals surface area contributed by atoms with Crippen LogP contribution in [0.1, 0.15) is 19.3 Å². The minimum atomic E-state index is -1.67. The fraction of sp³-hybridized carbons (Fsp3) is 0.625. The molecule has 0 aromatic heterocycles. The minimum Gasteiger partial charge on any atom is -0.481 e. The van der Waals surface area contributed by atoms with Crippen LogP contribution in [-0.2, 0) is 28.8 Å². The molecule has 4 amide bonds. The molecule has 0 saturated heterocycles. The Morgan fingerprint density at radius 3 is 1.81 bits per heavy atom. The number of carbonyl (C=O) groups excluding carboxylic acids is 4. The molecular formula is C16H27N5O8S2. The molecule has 15 heteroatoms. The van der Waals surface area contributed by atoms with E-state index in [0.29, 0.717) is 5.75 Å². The fourth-order valence-electron chi connectivity index (χ4n) is 2.19. The van der Waals surface area contributed by atoms with Crippen molar-refractivity contribution in [3.8, 4) is 0 Å². The molecule has 0 aliphatic heterocycles. The summed E-state index contributed by atoms with van der Waals surface area (Å²) < 4.78 is 0. The van der Waals surface area contributed by atoms with Crippen molar-refractivity contribution in [1.29, 1.82) is 0 Å². The number of rotatable bonds is 15. The van der Waals surface area contributed by atoms with E-state index in [9.17, 15) is 33.9 Å². The molecule has 0 saturated carbocycles. The number of aliphatic carboxylic acids is 2. The Kier molecular flexibility index (Phi) is 13.3. The lowest BCUT2D eigenvalue weighted by Gasteiger charge is -2.24. The second-order valence-electron chi connectivity index (χ2n) is 6.36. The lowest BCUT2D eigenvalue weighted by Crippen LogP contribution is -2.58. The topological polar surface area (TPSA) is 231 Å². The van der Waals surface area contributed by atoms with E-state index in [0.717, 1.165) is 0 Å². The summed E-state index contributed by atoms with van der Waals surface area (Å²) in [4.78, 5) is 70.6. The zero-order chi connectivity index (χ0) is 24.1. The zero-order valence-corrected chi connectivity index (χ0v) is 18.4. The van der Waals surface area contributed by atoms with Crippen molar-refractivity contribution in [2.75, 3.05) is 17.8 Å². The molecule has 0 aliphatic rings. The van der Waals surface area contributed by atoms with Gasteiger partial charge in [0.1, 0.15) is 18.1 Å². The van der Waals surface area contributed by atoms with Gasteiger partial charge in [0.05, 0.1) is 18.9 Å². The molecule has 4 atom stereocenters. The van der Waals surface area contributed by atoms with E-state index < -0.39 is 72.6 Å². The highest BCUT2D eigenvalue weighted by atomic mass is 32.2. The fourth-order valence-corrected chi connectivity index (χ4v) is 2.83. The van der Waals surface area contributed by atoms with Gasteiger partial charge in [-0.05, 0) is 18.4 Å². The Labute approximate surface area is 187 Å². The van der Waals surface area contributed by atoms with Crippen molar-refractivity contribution in [1.82, 2.24) is 16.0 Å². The summed E-state index contributed by atoms with van der Waals surface area (Å²) in [5.74, 6) is -6.35. The molecule has 0 aromatic carbocycles. The number of carboxylic acid groups (broad SMARTS) is 2. The Balaban J connectivity index is 5.46. The Morgan fingerprint density at radius 1 is 0.903 bits per heavy atom. The molecule has 0 aromatic rings. The van der Waals surface area contributed by atoms with Crippen LogP contribution < -0.4 is 27.4 Å². The number of hydrogen-bond donors (Lipinski definition) is 8. The number of amides is 4. The SMILES string of the molecule is CSCCC(NC(=O)C(CC(=O)O)NC(=O)C(CC(N)=O)NC(=O)C(N)CS)C(=O)O. The van der Waals surface area contributed by atoms with E-state index in [1.807, 2.05) is 0 Å². The van der Waals surface area contributed by atoms with Gasteiger partial charge in [0.25, 0.3) is 0 Å². The number of carbonyl (C=O) groups is 6. The first kappa shape index (κ1) is 28.5. The monoisotopic (exact) mass is 481 g/mol. The first-order valence-corrected chi connectivity index (χ1v) is 10.9. The van der Waals surface area contributed by atoms with Crippen LogP contribution >= 0.6 is 24.4 Å². The van der Waals surface area contributed by atoms with Crippen LogP contribution in [0.25, 0.3) is 0 Å². The highest BCUT2D eigenvalue weighted by Crippen LogP contribution is 2.04. The van der Waals surface area contributed by atoms with E-state index >= 15 is 0 Å². The van der Waals surface area contributed by atoms with Crippen molar-refractivity contribution < 1.29 is 39.0 Å². The van der Waals surface area contributed by atoms with E-state index in [-0.39, 0.29) is 12.2 Å². The maximum Gasteiger partial charge on any atom is 0.326 e. The number of primary amides is 1. The van der Waals surface area contributed by atoms with Crippen molar-refractivity contribution >= 4 is 60.0 Å². The smallest absolute Gasteiger partial charge is 0.326 e. The first-order valence-electron chi connectivity index (χ1n) is 8.92. The maximum atomic E-state index is 12.5. The predicted octanol–water partition coefficient (Wildman–Crippen LogP) is -3.11. The summed E-state index contributed by atoms with van der Waals surface area (Å²) in [5.41, 5.74) is 10.6. The maximum absolute atomic E-state index is 12.5. The Hall–Kier alpha value is -2.52. The van der Waals surface area contributed by atoms with Gasteiger partial charge in [0.2, 0.25) is 23.6 Å². The molecule has 0 heterocycles. The average molecular weight is 482 g/mol. The number of thioether (sulfide) groups is 1. The molecule has 4 unspecified atom stereocenters. The van der Waals surface area contributed by atoms with Crippen molar-refractivity contribution in [3.63, 3.8) is 0 Å². The van der Waals surface area contributed by atoms with Gasteiger partial charge >= 0.3 is 11.9 Å². The van der Waals surface area contributed by atoms with Crippen LogP contribution in [0.15, 0.2) is 0 Å². The van der Waals surface area contributed by atoms with E-state index in [1.54, 1.807) is 6.26 Å². The van der Waals surface area contributed by atoms with Gasteiger partial charge < -0.3 is 37.6 Å². The summed E-state index contributed by atoms with van der Waals surface area (Å²) in [6.45, 7) is 0. The summed E-state index contributed by atoms with van der Waals surface area (Å²) in [7, 11) is 0. The summed E-state index contributed by atoms with van der Waals surface area (Å²) >= 11 is 5.19. The second kappa shape index (κ2) is 14.5. The number of carboxylic acids is 2. The third-order valence-corrected chi connectivity index (χ3v) is 4.85. The largest absolute Gasteiger partial charge is 0.481 e. The van der Waals surface area contributed by atoms with Gasteiger partial charge in [-0.15, -0.1) is 0 Å². The van der Waals surface area contributed by atoms with E-state index in [1.165, 1.54) is 11.8 Å². The van der Waals surface area contributed by atoms with Crippen LogP contribution in [0.2, 0.25) is 0 Å². The van der Waals surface area contributed by atoms with Gasteiger partial charge in [-0.25, -0.2) is 4.79 Å². The minimum absolute atomic E-state index is 0.0621. The van der Waals surface area contributed by atoms with Crippen molar-refractivity contribution in [3.05, 3.63) is 0 Å². The van der Waals surface area contributed by atoms with Crippen LogP contribution in [0.3, 0.4) is 0 Å². The molecule has 9 N–H and O–H groups in total. The van der Waals surface area contributed by atoms with Gasteiger partial charge in [-0.2, -0.15) is 24.4 Å². The molecule has 13 nitrogen and oxygen atoms in total. The third kappa shape index (κ3) is 11.4. The van der Waals surface area contributed by atoms with Crippen molar-refractivity contribution in [2.45, 2.75) is 43.4 Å². The number of nitrogens with one attached hydrogen (secondary N) is 3. The molecule has 0 aliphatic carbocycles. The summed E-state index contributed by atoms with van der Waals surface area (Å²) in [6, 6.07) is -5.61. The number of nitrogens with two attached hydrogens (primary N) is 2. The molecule has 0 bridgehead atoms. The van der Waals surface area contributed by atoms with Gasteiger partial charge in [0.15, 0.2) is 0 Å². The Bertz CT molecular complexity index is 693. The van der Waals surface area contributed by atoms with Gasteiger partial charge in [0, 0.05) is 5.75 Å². The standard InChI is InChI=1S/C16H27N5O8S2/c1-31-3-2-8(16(28)29)19-15(27)10(5-12(23)24)21-14(26)9(4-11(18)22)20-13(25)7(17)6-30/h7-10,30H,2-6,17H2,1H3,(H2,18,22)(H,19,27)(H,20,25)(H,21,26)(H,23,24)(H,28,29). The zero-order valence-electron chi connectivity index (χ0n) is 16.7. The summed E-state index contributed by atoms with van der Waals surface area (Å²) in [6.07, 6.45) is 0.280. The van der Waals surface area contributed by atoms with E-state index in [2.05, 4.69) is 28.6 Å². The molecule has 0 radical (unpaired) electrons. The first-order chi connectivity index (χ1) is 14.4. The molecule has 31 heavy (non-hydrogen) atoms. The van der Waals surface area contributed by atoms with E-state index in [4.69, 9.17) is 16.6 Å². The third-order valence-electron chi connectivity index (χ3n) is 3.81. The number of hydrogen-bond acceptors (Lipinski definition) is 9. The van der Waals surface area contributed by atoms with Crippen LogP contribution in [0, 0.1) is 0 Å². The van der Waals surface area contributed by atoms with Gasteiger partial charge in [-0.3, -0.25) is 24.0 Å². The normalized spacial score (nSPS) is 14.4. The van der Waals surface area contributed by atoms with Crippen LogP contribution in [0.4, 0.5) is 0 Å².